The van der Waals surface area contributed by atoms with Crippen LogP contribution in [0, 0.1) is 5.92 Å². The van der Waals surface area contributed by atoms with Gasteiger partial charge in [-0.25, -0.2) is 0 Å². The third-order valence-corrected chi connectivity index (χ3v) is 4.84. The van der Waals surface area contributed by atoms with Crippen molar-refractivity contribution >= 4 is 0 Å². The van der Waals surface area contributed by atoms with Gasteiger partial charge in [0.05, 0.1) is 5.69 Å². The lowest BCUT2D eigenvalue weighted by molar-refractivity contribution is 0.411. The predicted molar refractivity (Wildman–Crippen MR) is 85.0 cm³/mol. The molecule has 1 fully saturated rings. The average Bonchev–Trinajstić information content (AvgIpc) is 3.12. The predicted octanol–water partition coefficient (Wildman–Crippen LogP) is 3.57. The number of nitrogens with zero attached hydrogens (tertiary/aromatic N) is 2. The molecule has 0 saturated heterocycles. The molecule has 2 rings (SSSR count). The van der Waals surface area contributed by atoms with E-state index in [2.05, 4.69) is 42.1 Å². The fraction of sp³-hybridized carbons (Fsp3) is 0.824. The number of hydrogen-bond acceptors (Lipinski definition) is 2. The van der Waals surface area contributed by atoms with Crippen LogP contribution in [-0.2, 0) is 19.4 Å². The van der Waals surface area contributed by atoms with Gasteiger partial charge in [0.15, 0.2) is 0 Å². The molecule has 0 aromatic carbocycles. The number of hydrogen-bond donors (Lipinski definition) is 1. The Morgan fingerprint density at radius 3 is 2.70 bits per heavy atom. The second kappa shape index (κ2) is 7.82. The van der Waals surface area contributed by atoms with Crippen LogP contribution in [-0.4, -0.2) is 22.9 Å². The van der Waals surface area contributed by atoms with Crippen LogP contribution in [0.5, 0.6) is 0 Å². The van der Waals surface area contributed by atoms with E-state index in [1.165, 1.54) is 49.9 Å². The highest BCUT2D eigenvalue weighted by Crippen LogP contribution is 2.29. The zero-order chi connectivity index (χ0) is 14.4. The van der Waals surface area contributed by atoms with E-state index in [0.717, 1.165) is 25.3 Å². The summed E-state index contributed by atoms with van der Waals surface area (Å²) < 4.78 is 2.18. The number of rotatable bonds is 8. The monoisotopic (exact) mass is 277 g/mol. The van der Waals surface area contributed by atoms with Crippen LogP contribution in [0.25, 0.3) is 0 Å². The van der Waals surface area contributed by atoms with Crippen molar-refractivity contribution in [2.45, 2.75) is 77.8 Å². The Morgan fingerprint density at radius 1 is 1.35 bits per heavy atom. The molecule has 1 aromatic rings. The van der Waals surface area contributed by atoms with Gasteiger partial charge < -0.3 is 5.32 Å². The van der Waals surface area contributed by atoms with Crippen LogP contribution in [0.2, 0.25) is 0 Å². The second-order valence-corrected chi connectivity index (χ2v) is 6.21. The summed E-state index contributed by atoms with van der Waals surface area (Å²) in [5.41, 5.74) is 2.63. The molecule has 1 atom stereocenters. The van der Waals surface area contributed by atoms with Gasteiger partial charge in [0.25, 0.3) is 0 Å². The number of nitrogens with one attached hydrogen (secondary N) is 1. The molecule has 0 aliphatic heterocycles. The van der Waals surface area contributed by atoms with Crippen LogP contribution in [0.4, 0.5) is 0 Å². The first-order valence-electron chi connectivity index (χ1n) is 8.49. The first-order valence-corrected chi connectivity index (χ1v) is 8.49. The molecule has 1 unspecified atom stereocenters. The molecule has 114 valence electrons. The van der Waals surface area contributed by atoms with E-state index < -0.39 is 0 Å². The highest BCUT2D eigenvalue weighted by Gasteiger charge is 2.18. The van der Waals surface area contributed by atoms with Crippen LogP contribution >= 0.6 is 0 Å². The fourth-order valence-corrected chi connectivity index (χ4v) is 3.46. The topological polar surface area (TPSA) is 29.9 Å². The van der Waals surface area contributed by atoms with Crippen LogP contribution in [0.15, 0.2) is 6.07 Å². The summed E-state index contributed by atoms with van der Waals surface area (Å²) in [5, 5.41) is 8.17. The Morgan fingerprint density at radius 2 is 2.10 bits per heavy atom. The van der Waals surface area contributed by atoms with Gasteiger partial charge in [-0.2, -0.15) is 5.10 Å². The normalized spacial score (nSPS) is 17.8. The van der Waals surface area contributed by atoms with Crippen molar-refractivity contribution in [3.05, 3.63) is 17.5 Å². The molecule has 1 aliphatic rings. The lowest BCUT2D eigenvalue weighted by atomic mass is 9.96. The zero-order valence-electron chi connectivity index (χ0n) is 13.5. The molecule has 0 spiro atoms. The Balaban J connectivity index is 1.89. The largest absolute Gasteiger partial charge is 0.317 e. The lowest BCUT2D eigenvalue weighted by Gasteiger charge is -2.18. The number of aryl methyl sites for hydroxylation is 2. The maximum absolute atomic E-state index is 4.66. The van der Waals surface area contributed by atoms with E-state index in [1.54, 1.807) is 0 Å². The summed E-state index contributed by atoms with van der Waals surface area (Å²) in [6, 6.07) is 2.89. The third kappa shape index (κ3) is 4.08. The van der Waals surface area contributed by atoms with Crippen LogP contribution in [0.3, 0.4) is 0 Å². The number of aromatic nitrogens is 2. The van der Waals surface area contributed by atoms with Gasteiger partial charge in [0.1, 0.15) is 0 Å². The molecule has 0 radical (unpaired) electrons. The lowest BCUT2D eigenvalue weighted by Crippen LogP contribution is -2.29. The van der Waals surface area contributed by atoms with E-state index in [4.69, 9.17) is 0 Å². The fourth-order valence-electron chi connectivity index (χ4n) is 3.46. The van der Waals surface area contributed by atoms with E-state index in [-0.39, 0.29) is 0 Å². The van der Waals surface area contributed by atoms with Gasteiger partial charge in [-0.15, -0.1) is 0 Å². The van der Waals surface area contributed by atoms with Gasteiger partial charge in [0.2, 0.25) is 0 Å². The molecule has 1 saturated carbocycles. The molecule has 1 heterocycles. The summed E-state index contributed by atoms with van der Waals surface area (Å²) in [5.74, 6) is 0.994. The summed E-state index contributed by atoms with van der Waals surface area (Å²) in [6.07, 6.45) is 10.7. The minimum Gasteiger partial charge on any atom is -0.317 e. The SMILES string of the molecule is CCc1cc(CC(CCC2CCCC2)NC)n(CC)n1. The molecular formula is C17H31N3. The van der Waals surface area contributed by atoms with Crippen LogP contribution in [0.1, 0.15) is 63.8 Å². The molecule has 3 heteroatoms. The van der Waals surface area contributed by atoms with Crippen molar-refractivity contribution in [3.8, 4) is 0 Å². The summed E-state index contributed by atoms with van der Waals surface area (Å²) in [4.78, 5) is 0. The van der Waals surface area contributed by atoms with Gasteiger partial charge in [-0.05, 0) is 45.2 Å². The third-order valence-electron chi connectivity index (χ3n) is 4.84. The maximum atomic E-state index is 4.66. The van der Waals surface area contributed by atoms with Crippen molar-refractivity contribution in [3.63, 3.8) is 0 Å². The van der Waals surface area contributed by atoms with E-state index in [9.17, 15) is 0 Å². The van der Waals surface area contributed by atoms with Crippen molar-refractivity contribution in [2.24, 2.45) is 5.92 Å². The first-order chi connectivity index (χ1) is 9.76. The number of likely N-dealkylation sites (N-methyl/N-ethyl adjacent to an activating group) is 1. The van der Waals surface area contributed by atoms with Crippen LogP contribution < -0.4 is 5.32 Å². The van der Waals surface area contributed by atoms with Crippen molar-refractivity contribution in [2.75, 3.05) is 7.05 Å². The summed E-state index contributed by atoms with van der Waals surface area (Å²) >= 11 is 0. The molecule has 0 amide bonds. The molecule has 3 nitrogen and oxygen atoms in total. The molecular weight excluding hydrogens is 246 g/mol. The quantitative estimate of drug-likeness (QED) is 0.787. The second-order valence-electron chi connectivity index (χ2n) is 6.21. The Labute approximate surface area is 124 Å². The standard InChI is InChI=1S/C17H31N3/c1-4-15-12-17(20(5-2)19-15)13-16(18-3)11-10-14-8-6-7-9-14/h12,14,16,18H,4-11,13H2,1-3H3. The van der Waals surface area contributed by atoms with E-state index >= 15 is 0 Å². The van der Waals surface area contributed by atoms with E-state index in [0.29, 0.717) is 6.04 Å². The minimum absolute atomic E-state index is 0.599. The van der Waals surface area contributed by atoms with Crippen molar-refractivity contribution in [1.82, 2.24) is 15.1 Å². The molecule has 1 N–H and O–H groups in total. The summed E-state index contributed by atoms with van der Waals surface area (Å²) in [6.45, 7) is 5.35. The van der Waals surface area contributed by atoms with Gasteiger partial charge in [-0.1, -0.05) is 32.6 Å². The Bertz CT molecular complexity index is 391. The highest BCUT2D eigenvalue weighted by atomic mass is 15.3. The molecule has 1 aromatic heterocycles. The van der Waals surface area contributed by atoms with Gasteiger partial charge >= 0.3 is 0 Å². The smallest absolute Gasteiger partial charge is 0.0624 e. The molecule has 20 heavy (non-hydrogen) atoms. The zero-order valence-corrected chi connectivity index (χ0v) is 13.5. The Hall–Kier alpha value is -0.830. The van der Waals surface area contributed by atoms with Crippen molar-refractivity contribution < 1.29 is 0 Å². The average molecular weight is 277 g/mol. The minimum atomic E-state index is 0.599. The first kappa shape index (κ1) is 15.6. The van der Waals surface area contributed by atoms with Crippen molar-refractivity contribution in [1.29, 1.82) is 0 Å². The molecule has 1 aliphatic carbocycles. The van der Waals surface area contributed by atoms with E-state index in [1.807, 2.05) is 0 Å². The summed E-state index contributed by atoms with van der Waals surface area (Å²) in [7, 11) is 2.10. The maximum Gasteiger partial charge on any atom is 0.0624 e. The van der Waals surface area contributed by atoms with Gasteiger partial charge in [-0.3, -0.25) is 4.68 Å². The highest BCUT2D eigenvalue weighted by molar-refractivity contribution is 5.12. The van der Waals surface area contributed by atoms with Gasteiger partial charge in [0, 0.05) is 24.7 Å². The Kier molecular flexibility index (Phi) is 6.08. The molecule has 0 bridgehead atoms.